The molecule has 2 unspecified atom stereocenters. The molecule has 0 saturated carbocycles. The predicted octanol–water partition coefficient (Wildman–Crippen LogP) is 3.45. The number of amides is 1. The van der Waals surface area contributed by atoms with E-state index in [2.05, 4.69) is 5.10 Å². The van der Waals surface area contributed by atoms with Gasteiger partial charge in [-0.2, -0.15) is 5.10 Å². The van der Waals surface area contributed by atoms with E-state index in [1.54, 1.807) is 6.20 Å². The van der Waals surface area contributed by atoms with Gasteiger partial charge in [0.05, 0.1) is 11.7 Å². The van der Waals surface area contributed by atoms with Crippen LogP contribution in [0.3, 0.4) is 0 Å². The van der Waals surface area contributed by atoms with Crippen LogP contribution in [0.15, 0.2) is 54.7 Å². The van der Waals surface area contributed by atoms with Crippen LogP contribution in [0.2, 0.25) is 0 Å². The van der Waals surface area contributed by atoms with Crippen LogP contribution in [0.25, 0.3) is 5.69 Å². The molecule has 0 spiro atoms. The molecule has 0 fully saturated rings. The number of aliphatic hydroxyl groups is 1. The molecule has 8 nitrogen and oxygen atoms in total. The van der Waals surface area contributed by atoms with Crippen LogP contribution in [0.5, 0.6) is 0 Å². The van der Waals surface area contributed by atoms with Crippen molar-refractivity contribution >= 4 is 11.9 Å². The van der Waals surface area contributed by atoms with E-state index >= 15 is 0 Å². The van der Waals surface area contributed by atoms with Gasteiger partial charge in [-0.15, -0.1) is 0 Å². The van der Waals surface area contributed by atoms with Gasteiger partial charge in [0.15, 0.2) is 0 Å². The fourth-order valence-corrected chi connectivity index (χ4v) is 4.31. The molecule has 0 aliphatic rings. The molecule has 1 aromatic heterocycles. The van der Waals surface area contributed by atoms with E-state index in [0.717, 1.165) is 23.8 Å². The summed E-state index contributed by atoms with van der Waals surface area (Å²) in [4.78, 5) is 25.6. The van der Waals surface area contributed by atoms with Gasteiger partial charge in [0.2, 0.25) is 5.91 Å². The number of nitrogens with zero attached hydrogens (tertiary/aromatic N) is 3. The quantitative estimate of drug-likeness (QED) is 0.381. The number of hydrogen-bond donors (Lipinski definition) is 3. The van der Waals surface area contributed by atoms with Crippen molar-refractivity contribution in [3.8, 4) is 5.69 Å². The largest absolute Gasteiger partial charge is 0.480 e. The van der Waals surface area contributed by atoms with Crippen LogP contribution in [-0.4, -0.2) is 56.0 Å². The van der Waals surface area contributed by atoms with Gasteiger partial charge >= 0.3 is 5.97 Å². The normalized spacial score (nSPS) is 13.3. The van der Waals surface area contributed by atoms with Crippen LogP contribution in [0.4, 0.5) is 8.78 Å². The zero-order chi connectivity index (χ0) is 27.3. The zero-order valence-corrected chi connectivity index (χ0v) is 21.1. The number of nitrogens with two attached hydrogens (primary N) is 1. The lowest BCUT2D eigenvalue weighted by Crippen LogP contribution is -2.45. The Morgan fingerprint density at radius 3 is 2.41 bits per heavy atom. The number of halogens is 2. The van der Waals surface area contributed by atoms with E-state index < -0.39 is 47.6 Å². The van der Waals surface area contributed by atoms with Crippen molar-refractivity contribution in [3.05, 3.63) is 83.2 Å². The van der Waals surface area contributed by atoms with Gasteiger partial charge in [-0.3, -0.25) is 9.59 Å². The van der Waals surface area contributed by atoms with E-state index in [1.807, 2.05) is 51.1 Å². The average molecular weight is 515 g/mol. The molecule has 0 saturated heterocycles. The van der Waals surface area contributed by atoms with Crippen LogP contribution < -0.4 is 5.73 Å². The Bertz CT molecular complexity index is 1240. The second-order valence-electron chi connectivity index (χ2n) is 9.99. The highest BCUT2D eigenvalue weighted by molar-refractivity contribution is 5.78. The Hall–Kier alpha value is -3.63. The highest BCUT2D eigenvalue weighted by atomic mass is 19.1. The smallest absolute Gasteiger partial charge is 0.320 e. The highest BCUT2D eigenvalue weighted by Crippen LogP contribution is 2.40. The fraction of sp³-hybridized carbons (Fsp3) is 0.370. The minimum Gasteiger partial charge on any atom is -0.480 e. The monoisotopic (exact) mass is 514 g/mol. The maximum absolute atomic E-state index is 14.7. The number of carboxylic acid groups (broad SMARTS) is 1. The Labute approximate surface area is 214 Å². The van der Waals surface area contributed by atoms with Crippen molar-refractivity contribution in [2.24, 2.45) is 11.1 Å². The summed E-state index contributed by atoms with van der Waals surface area (Å²) in [6.07, 6.45) is 1.93. The lowest BCUT2D eigenvalue weighted by Gasteiger charge is -2.40. The lowest BCUT2D eigenvalue weighted by atomic mass is 9.81. The minimum absolute atomic E-state index is 0.0547. The Morgan fingerprint density at radius 2 is 1.81 bits per heavy atom. The summed E-state index contributed by atoms with van der Waals surface area (Å²) in [7, 11) is 0. The zero-order valence-electron chi connectivity index (χ0n) is 21.1. The molecule has 198 valence electrons. The fourth-order valence-electron chi connectivity index (χ4n) is 4.31. The maximum Gasteiger partial charge on any atom is 0.320 e. The molecule has 0 radical (unpaired) electrons. The standard InChI is InChI=1S/C27H32F2N4O4/c1-27(2,3)25(32(23(35)16-34)12-11-21(30)26(36)37)24-18(13-17-7-5-4-6-8-17)15-33(31-24)22-14-19(28)9-10-20(22)29/h4-10,14-15,21,25,34H,11-13,16,30H2,1-3H3,(H,36,37). The first-order chi connectivity index (χ1) is 17.4. The number of aliphatic carboxylic acids is 1. The number of carboxylic acids is 1. The number of hydrogen-bond acceptors (Lipinski definition) is 5. The molecular weight excluding hydrogens is 482 g/mol. The van der Waals surface area contributed by atoms with E-state index in [1.165, 1.54) is 9.58 Å². The number of aliphatic hydroxyl groups excluding tert-OH is 1. The van der Waals surface area contributed by atoms with Gasteiger partial charge in [0.1, 0.15) is 30.0 Å². The third kappa shape index (κ3) is 6.78. The summed E-state index contributed by atoms with van der Waals surface area (Å²) in [5, 5.41) is 23.6. The van der Waals surface area contributed by atoms with Crippen molar-refractivity contribution in [2.45, 2.75) is 45.7 Å². The van der Waals surface area contributed by atoms with Gasteiger partial charge in [-0.05, 0) is 29.5 Å². The molecular formula is C27H32F2N4O4. The number of carbonyl (C=O) groups is 2. The summed E-state index contributed by atoms with van der Waals surface area (Å²) >= 11 is 0. The molecule has 4 N–H and O–H groups in total. The third-order valence-electron chi connectivity index (χ3n) is 6.06. The Morgan fingerprint density at radius 1 is 1.14 bits per heavy atom. The minimum atomic E-state index is -1.21. The second-order valence-corrected chi connectivity index (χ2v) is 9.99. The van der Waals surface area contributed by atoms with Crippen LogP contribution in [0, 0.1) is 17.0 Å². The lowest BCUT2D eigenvalue weighted by molar-refractivity contribution is -0.142. The highest BCUT2D eigenvalue weighted by Gasteiger charge is 2.38. The van der Waals surface area contributed by atoms with Crippen molar-refractivity contribution in [2.75, 3.05) is 13.2 Å². The predicted molar refractivity (Wildman–Crippen MR) is 134 cm³/mol. The van der Waals surface area contributed by atoms with Crippen molar-refractivity contribution in [3.63, 3.8) is 0 Å². The molecule has 10 heteroatoms. The molecule has 2 atom stereocenters. The first-order valence-electron chi connectivity index (χ1n) is 11.9. The van der Waals surface area contributed by atoms with Crippen molar-refractivity contribution in [1.29, 1.82) is 0 Å². The number of rotatable bonds is 10. The molecule has 0 bridgehead atoms. The van der Waals surface area contributed by atoms with E-state index in [-0.39, 0.29) is 18.7 Å². The van der Waals surface area contributed by atoms with E-state index in [4.69, 9.17) is 5.73 Å². The maximum atomic E-state index is 14.7. The van der Waals surface area contributed by atoms with Gasteiger partial charge in [0, 0.05) is 30.8 Å². The number of aromatic nitrogens is 2. The summed E-state index contributed by atoms with van der Waals surface area (Å²) in [6, 6.07) is 10.6. The first-order valence-corrected chi connectivity index (χ1v) is 11.9. The average Bonchev–Trinajstić information content (AvgIpc) is 3.24. The molecule has 3 aromatic rings. The van der Waals surface area contributed by atoms with Gasteiger partial charge in [0.25, 0.3) is 0 Å². The van der Waals surface area contributed by atoms with Gasteiger partial charge in [-0.25, -0.2) is 13.5 Å². The topological polar surface area (TPSA) is 122 Å². The van der Waals surface area contributed by atoms with Crippen LogP contribution in [0.1, 0.15) is 50.1 Å². The number of carbonyl (C=O) groups excluding carboxylic acids is 1. The second kappa shape index (κ2) is 11.6. The molecule has 37 heavy (non-hydrogen) atoms. The molecule has 2 aromatic carbocycles. The molecule has 1 heterocycles. The third-order valence-corrected chi connectivity index (χ3v) is 6.06. The molecule has 1 amide bonds. The van der Waals surface area contributed by atoms with E-state index in [0.29, 0.717) is 17.7 Å². The Balaban J connectivity index is 2.18. The summed E-state index contributed by atoms with van der Waals surface area (Å²) in [5.74, 6) is -3.15. The number of benzene rings is 2. The molecule has 0 aliphatic heterocycles. The summed E-state index contributed by atoms with van der Waals surface area (Å²) in [6.45, 7) is 4.77. The Kier molecular flexibility index (Phi) is 8.77. The molecule has 3 rings (SSSR count). The van der Waals surface area contributed by atoms with Crippen LogP contribution >= 0.6 is 0 Å². The molecule has 0 aliphatic carbocycles. The first kappa shape index (κ1) is 27.9. The SMILES string of the molecule is CC(C)(C)C(c1nn(-c2cc(F)ccc2F)cc1Cc1ccccc1)N(CCC(N)C(=O)O)C(=O)CO. The summed E-state index contributed by atoms with van der Waals surface area (Å²) < 4.78 is 29.9. The van der Waals surface area contributed by atoms with Gasteiger partial charge in [-0.1, -0.05) is 51.1 Å². The van der Waals surface area contributed by atoms with Crippen molar-refractivity contribution < 1.29 is 28.6 Å². The van der Waals surface area contributed by atoms with Crippen molar-refractivity contribution in [1.82, 2.24) is 14.7 Å². The van der Waals surface area contributed by atoms with Gasteiger partial charge < -0.3 is 20.8 Å². The van der Waals surface area contributed by atoms with Crippen LogP contribution in [-0.2, 0) is 16.0 Å². The summed E-state index contributed by atoms with van der Waals surface area (Å²) in [5.41, 5.74) is 6.97. The van der Waals surface area contributed by atoms with E-state index in [9.17, 15) is 28.6 Å².